The van der Waals surface area contributed by atoms with E-state index in [0.717, 1.165) is 19.3 Å². The molecule has 21 heavy (non-hydrogen) atoms. The van der Waals surface area contributed by atoms with E-state index in [9.17, 15) is 13.2 Å². The van der Waals surface area contributed by atoms with E-state index in [0.29, 0.717) is 10.5 Å². The molecule has 1 aliphatic carbocycles. The molecule has 0 unspecified atom stereocenters. The molecule has 6 heteroatoms. The summed E-state index contributed by atoms with van der Waals surface area (Å²) < 4.78 is 24.1. The van der Waals surface area contributed by atoms with E-state index in [1.807, 2.05) is 6.08 Å². The minimum atomic E-state index is -3.29. The summed E-state index contributed by atoms with van der Waals surface area (Å²) in [5.74, 6) is -0.0692. The van der Waals surface area contributed by atoms with Crippen LogP contribution in [0.1, 0.15) is 30.9 Å². The highest BCUT2D eigenvalue weighted by Crippen LogP contribution is 2.32. The number of hydrogen-bond acceptors (Lipinski definition) is 3. The molecule has 2 atom stereocenters. The van der Waals surface area contributed by atoms with Gasteiger partial charge < -0.3 is 10.6 Å². The number of carbonyl (C=O) groups is 1. The Hall–Kier alpha value is -1.82. The Labute approximate surface area is 124 Å². The van der Waals surface area contributed by atoms with Crippen molar-refractivity contribution in [3.05, 3.63) is 42.0 Å². The maximum absolute atomic E-state index is 12.1. The van der Waals surface area contributed by atoms with Gasteiger partial charge in [0.1, 0.15) is 0 Å². The van der Waals surface area contributed by atoms with Gasteiger partial charge in [0.15, 0.2) is 9.84 Å². The fourth-order valence-corrected chi connectivity index (χ4v) is 4.61. The highest BCUT2D eigenvalue weighted by molar-refractivity contribution is 7.91. The quantitative estimate of drug-likeness (QED) is 0.820. The third kappa shape index (κ3) is 2.95. The number of allylic oxidation sites excluding steroid dienone is 1. The van der Waals surface area contributed by atoms with Crippen LogP contribution in [0.25, 0.3) is 0 Å². The van der Waals surface area contributed by atoms with Crippen LogP contribution in [0.4, 0.5) is 4.79 Å². The van der Waals surface area contributed by atoms with E-state index in [1.54, 1.807) is 24.3 Å². The van der Waals surface area contributed by atoms with Gasteiger partial charge in [0.05, 0.1) is 16.7 Å². The summed E-state index contributed by atoms with van der Waals surface area (Å²) >= 11 is 0. The zero-order valence-electron chi connectivity index (χ0n) is 11.6. The molecule has 2 aliphatic rings. The van der Waals surface area contributed by atoms with Gasteiger partial charge in [-0.2, -0.15) is 0 Å². The molecule has 112 valence electrons. The van der Waals surface area contributed by atoms with Crippen molar-refractivity contribution in [1.82, 2.24) is 10.6 Å². The Morgan fingerprint density at radius 2 is 2.00 bits per heavy atom. The summed E-state index contributed by atoms with van der Waals surface area (Å²) in [7, 11) is -3.29. The molecule has 0 radical (unpaired) electrons. The van der Waals surface area contributed by atoms with Crippen molar-refractivity contribution in [2.45, 2.75) is 36.2 Å². The number of amides is 2. The Bertz CT molecular complexity index is 682. The first-order valence-corrected chi connectivity index (χ1v) is 8.77. The molecule has 1 heterocycles. The average molecular weight is 306 g/mol. The van der Waals surface area contributed by atoms with Gasteiger partial charge in [-0.05, 0) is 30.9 Å². The lowest BCUT2D eigenvalue weighted by Gasteiger charge is -2.20. The van der Waals surface area contributed by atoms with Crippen LogP contribution in [0.3, 0.4) is 0 Å². The molecular formula is C15H18N2O3S. The summed E-state index contributed by atoms with van der Waals surface area (Å²) in [6, 6.07) is 6.08. The average Bonchev–Trinajstić information content (AvgIpc) is 2.72. The topological polar surface area (TPSA) is 75.3 Å². The molecule has 1 aliphatic heterocycles. The Morgan fingerprint density at radius 1 is 1.19 bits per heavy atom. The molecule has 0 bridgehead atoms. The van der Waals surface area contributed by atoms with Crippen molar-refractivity contribution in [3.63, 3.8) is 0 Å². The minimum absolute atomic E-state index is 0.0343. The molecule has 0 fully saturated rings. The van der Waals surface area contributed by atoms with Crippen molar-refractivity contribution in [2.24, 2.45) is 0 Å². The molecule has 2 amide bonds. The van der Waals surface area contributed by atoms with E-state index in [2.05, 4.69) is 16.7 Å². The van der Waals surface area contributed by atoms with Crippen molar-refractivity contribution < 1.29 is 13.2 Å². The molecule has 0 aromatic heterocycles. The third-order valence-electron chi connectivity index (χ3n) is 3.89. The zero-order chi connectivity index (χ0) is 14.9. The van der Waals surface area contributed by atoms with Crippen molar-refractivity contribution in [1.29, 1.82) is 0 Å². The lowest BCUT2D eigenvalue weighted by Crippen LogP contribution is -2.43. The highest BCUT2D eigenvalue weighted by atomic mass is 32.2. The lowest BCUT2D eigenvalue weighted by molar-refractivity contribution is 0.235. The number of nitrogens with one attached hydrogen (secondary N) is 2. The number of carbonyl (C=O) groups excluding carboxylic acids is 1. The van der Waals surface area contributed by atoms with Crippen LogP contribution in [0.5, 0.6) is 0 Å². The Balaban J connectivity index is 1.70. The number of hydrogen-bond donors (Lipinski definition) is 2. The molecule has 5 nitrogen and oxygen atoms in total. The molecule has 1 aromatic rings. The van der Waals surface area contributed by atoms with Crippen LogP contribution in [0.2, 0.25) is 0 Å². The Morgan fingerprint density at radius 3 is 2.76 bits per heavy atom. The second-order valence-electron chi connectivity index (χ2n) is 5.46. The van der Waals surface area contributed by atoms with Crippen molar-refractivity contribution in [2.75, 3.05) is 5.75 Å². The van der Waals surface area contributed by atoms with E-state index in [-0.39, 0.29) is 17.8 Å². The van der Waals surface area contributed by atoms with Crippen LogP contribution in [0, 0.1) is 0 Å². The number of fused-ring (bicyclic) bond motifs is 1. The van der Waals surface area contributed by atoms with Gasteiger partial charge in [-0.15, -0.1) is 0 Å². The lowest BCUT2D eigenvalue weighted by atomic mass is 10.0. The van der Waals surface area contributed by atoms with E-state index in [4.69, 9.17) is 0 Å². The van der Waals surface area contributed by atoms with Gasteiger partial charge in [-0.25, -0.2) is 13.2 Å². The molecule has 1 aromatic carbocycles. The van der Waals surface area contributed by atoms with Crippen LogP contribution in [-0.2, 0) is 9.84 Å². The zero-order valence-corrected chi connectivity index (χ0v) is 12.4. The number of rotatable bonds is 2. The first-order chi connectivity index (χ1) is 10.1. The summed E-state index contributed by atoms with van der Waals surface area (Å²) in [5.41, 5.74) is 0.673. The second kappa shape index (κ2) is 5.52. The number of benzene rings is 1. The molecule has 0 saturated heterocycles. The van der Waals surface area contributed by atoms with Gasteiger partial charge in [-0.3, -0.25) is 0 Å². The van der Waals surface area contributed by atoms with Crippen LogP contribution in [-0.4, -0.2) is 26.2 Å². The monoisotopic (exact) mass is 306 g/mol. The van der Waals surface area contributed by atoms with E-state index in [1.165, 1.54) is 0 Å². The maximum atomic E-state index is 12.1. The third-order valence-corrected chi connectivity index (χ3v) is 5.71. The smallest absolute Gasteiger partial charge is 0.315 e. The molecule has 2 N–H and O–H groups in total. The van der Waals surface area contributed by atoms with Gasteiger partial charge in [0.2, 0.25) is 0 Å². The first kappa shape index (κ1) is 14.1. The standard InChI is InChI=1S/C15H18N2O3S/c18-15(16-11-6-2-1-3-7-11)17-13-10-21(19,20)14-9-5-4-8-12(13)14/h2,4-6,8-9,11,13H,1,3,7,10H2,(H2,16,17,18)/t11-,13-/m1/s1. The van der Waals surface area contributed by atoms with Crippen LogP contribution in [0.15, 0.2) is 41.3 Å². The molecule has 3 rings (SSSR count). The van der Waals surface area contributed by atoms with Gasteiger partial charge in [0.25, 0.3) is 0 Å². The molecular weight excluding hydrogens is 288 g/mol. The highest BCUT2D eigenvalue weighted by Gasteiger charge is 2.35. The molecule has 0 saturated carbocycles. The van der Waals surface area contributed by atoms with E-state index >= 15 is 0 Å². The number of sulfone groups is 1. The van der Waals surface area contributed by atoms with Crippen molar-refractivity contribution in [3.8, 4) is 0 Å². The summed E-state index contributed by atoms with van der Waals surface area (Å²) in [5, 5.41) is 5.65. The fourth-order valence-electron chi connectivity index (χ4n) is 2.87. The molecule has 0 spiro atoms. The predicted octanol–water partition coefficient (Wildman–Crippen LogP) is 1.92. The normalized spacial score (nSPS) is 26.1. The van der Waals surface area contributed by atoms with Gasteiger partial charge in [-0.1, -0.05) is 30.4 Å². The minimum Gasteiger partial charge on any atom is -0.332 e. The van der Waals surface area contributed by atoms with Gasteiger partial charge in [0, 0.05) is 6.04 Å². The van der Waals surface area contributed by atoms with Crippen LogP contribution < -0.4 is 10.6 Å². The first-order valence-electron chi connectivity index (χ1n) is 7.12. The van der Waals surface area contributed by atoms with E-state index < -0.39 is 15.9 Å². The number of urea groups is 1. The summed E-state index contributed by atoms with van der Waals surface area (Å²) in [6.07, 6.45) is 7.08. The summed E-state index contributed by atoms with van der Waals surface area (Å²) in [6.45, 7) is 0. The fraction of sp³-hybridized carbons (Fsp3) is 0.400. The van der Waals surface area contributed by atoms with Crippen molar-refractivity contribution >= 4 is 15.9 Å². The predicted molar refractivity (Wildman–Crippen MR) is 79.7 cm³/mol. The van der Waals surface area contributed by atoms with Gasteiger partial charge >= 0.3 is 6.03 Å². The second-order valence-corrected chi connectivity index (χ2v) is 7.46. The van der Waals surface area contributed by atoms with Crippen LogP contribution >= 0.6 is 0 Å². The SMILES string of the molecule is O=C(N[C@@H]1C=CCCC1)N[C@@H]1CS(=O)(=O)c2ccccc21. The maximum Gasteiger partial charge on any atom is 0.315 e. The summed E-state index contributed by atoms with van der Waals surface area (Å²) in [4.78, 5) is 12.4. The Kier molecular flexibility index (Phi) is 3.71. The largest absolute Gasteiger partial charge is 0.332 e.